The van der Waals surface area contributed by atoms with Gasteiger partial charge in [-0.05, 0) is 50.1 Å². The smallest absolute Gasteiger partial charge is 0.261 e. The number of carbonyl (C=O) groups excluding carboxylic acids is 1. The predicted molar refractivity (Wildman–Crippen MR) is 107 cm³/mol. The highest BCUT2D eigenvalue weighted by Gasteiger charge is 2.19. The number of thioether (sulfide) groups is 1. The molecule has 1 heterocycles. The molecule has 26 heavy (non-hydrogen) atoms. The lowest BCUT2D eigenvalue weighted by Crippen LogP contribution is -2.25. The molecule has 1 atom stereocenters. The maximum atomic E-state index is 12.6. The van der Waals surface area contributed by atoms with Crippen LogP contribution in [0.2, 0.25) is 0 Å². The Kier molecular flexibility index (Phi) is 5.13. The Morgan fingerprint density at radius 2 is 1.92 bits per heavy atom. The van der Waals surface area contributed by atoms with Gasteiger partial charge in [-0.2, -0.15) is 0 Å². The minimum absolute atomic E-state index is 0.111. The Bertz CT molecular complexity index is 1040. The van der Waals surface area contributed by atoms with Gasteiger partial charge in [-0.15, -0.1) is 0 Å². The van der Waals surface area contributed by atoms with Crippen LogP contribution in [0.1, 0.15) is 18.1 Å². The summed E-state index contributed by atoms with van der Waals surface area (Å²) in [4.78, 5) is 29.6. The summed E-state index contributed by atoms with van der Waals surface area (Å²) in [5.74, 6) is -0.119. The number of nitrogens with one attached hydrogen (secondary N) is 1. The van der Waals surface area contributed by atoms with Crippen LogP contribution in [0, 0.1) is 13.8 Å². The van der Waals surface area contributed by atoms with Crippen LogP contribution < -0.4 is 10.9 Å². The van der Waals surface area contributed by atoms with Gasteiger partial charge in [0.25, 0.3) is 5.56 Å². The predicted octanol–water partition coefficient (Wildman–Crippen LogP) is 3.67. The lowest BCUT2D eigenvalue weighted by atomic mass is 10.1. The summed E-state index contributed by atoms with van der Waals surface area (Å²) < 4.78 is 1.49. The second-order valence-electron chi connectivity index (χ2n) is 6.34. The van der Waals surface area contributed by atoms with Gasteiger partial charge in [0.2, 0.25) is 5.91 Å². The number of benzene rings is 2. The highest BCUT2D eigenvalue weighted by atomic mass is 32.2. The van der Waals surface area contributed by atoms with E-state index in [0.717, 1.165) is 16.8 Å². The first kappa shape index (κ1) is 18.2. The van der Waals surface area contributed by atoms with Crippen molar-refractivity contribution in [1.82, 2.24) is 9.55 Å². The average Bonchev–Trinajstić information content (AvgIpc) is 2.62. The van der Waals surface area contributed by atoms with Crippen LogP contribution in [0.3, 0.4) is 0 Å². The van der Waals surface area contributed by atoms with Crippen molar-refractivity contribution in [2.24, 2.45) is 7.05 Å². The van der Waals surface area contributed by atoms with Gasteiger partial charge in [0.05, 0.1) is 16.2 Å². The molecule has 0 spiro atoms. The van der Waals surface area contributed by atoms with Crippen molar-refractivity contribution < 1.29 is 4.79 Å². The number of aromatic nitrogens is 2. The molecule has 1 unspecified atom stereocenters. The summed E-state index contributed by atoms with van der Waals surface area (Å²) in [5.41, 5.74) is 3.44. The van der Waals surface area contributed by atoms with Gasteiger partial charge < -0.3 is 5.32 Å². The first-order valence-corrected chi connectivity index (χ1v) is 9.25. The largest absolute Gasteiger partial charge is 0.325 e. The van der Waals surface area contributed by atoms with Crippen LogP contribution in [0.4, 0.5) is 5.69 Å². The normalized spacial score (nSPS) is 12.2. The molecule has 5 nitrogen and oxygen atoms in total. The molecule has 0 aliphatic rings. The molecule has 6 heteroatoms. The lowest BCUT2D eigenvalue weighted by Gasteiger charge is -2.15. The maximum absolute atomic E-state index is 12.6. The van der Waals surface area contributed by atoms with E-state index in [1.165, 1.54) is 16.3 Å². The van der Waals surface area contributed by atoms with E-state index in [1.54, 1.807) is 13.1 Å². The van der Waals surface area contributed by atoms with Crippen molar-refractivity contribution in [2.75, 3.05) is 5.32 Å². The Morgan fingerprint density at radius 3 is 2.69 bits per heavy atom. The van der Waals surface area contributed by atoms with Crippen LogP contribution in [-0.2, 0) is 11.8 Å². The first-order chi connectivity index (χ1) is 12.4. The third-order valence-electron chi connectivity index (χ3n) is 4.24. The zero-order chi connectivity index (χ0) is 18.8. The van der Waals surface area contributed by atoms with Crippen molar-refractivity contribution >= 4 is 34.3 Å². The number of carbonyl (C=O) groups is 1. The van der Waals surface area contributed by atoms with E-state index in [4.69, 9.17) is 0 Å². The van der Waals surface area contributed by atoms with E-state index in [-0.39, 0.29) is 11.5 Å². The van der Waals surface area contributed by atoms with Crippen LogP contribution >= 0.6 is 11.8 Å². The van der Waals surface area contributed by atoms with Crippen LogP contribution in [0.15, 0.2) is 52.4 Å². The second-order valence-corrected chi connectivity index (χ2v) is 7.65. The maximum Gasteiger partial charge on any atom is 0.261 e. The number of hydrogen-bond acceptors (Lipinski definition) is 4. The molecule has 0 bridgehead atoms. The van der Waals surface area contributed by atoms with Crippen molar-refractivity contribution in [3.05, 3.63) is 63.9 Å². The minimum atomic E-state index is -0.394. The quantitative estimate of drug-likeness (QED) is 0.564. The Labute approximate surface area is 156 Å². The van der Waals surface area contributed by atoms with Crippen molar-refractivity contribution in [3.8, 4) is 0 Å². The number of rotatable bonds is 4. The molecule has 1 aromatic heterocycles. The van der Waals surface area contributed by atoms with E-state index in [0.29, 0.717) is 16.1 Å². The van der Waals surface area contributed by atoms with Gasteiger partial charge in [0.1, 0.15) is 0 Å². The Hall–Kier alpha value is -2.60. The van der Waals surface area contributed by atoms with Crippen LogP contribution in [0.25, 0.3) is 10.9 Å². The van der Waals surface area contributed by atoms with Crippen molar-refractivity contribution in [2.45, 2.75) is 31.2 Å². The standard InChI is InChI=1S/C20H21N3O2S/c1-12-9-10-13(2)17(11-12)21-18(24)14(3)26-20-22-16-8-6-5-7-15(16)19(25)23(20)4/h5-11,14H,1-4H3,(H,21,24). The number of para-hydroxylation sites is 1. The molecular weight excluding hydrogens is 346 g/mol. The molecule has 0 aliphatic heterocycles. The van der Waals surface area contributed by atoms with Crippen molar-refractivity contribution in [3.63, 3.8) is 0 Å². The highest BCUT2D eigenvalue weighted by Crippen LogP contribution is 2.24. The minimum Gasteiger partial charge on any atom is -0.325 e. The fourth-order valence-corrected chi connectivity index (χ4v) is 3.49. The molecule has 1 amide bonds. The van der Waals surface area contributed by atoms with Crippen LogP contribution in [-0.4, -0.2) is 20.7 Å². The van der Waals surface area contributed by atoms with Gasteiger partial charge in [-0.1, -0.05) is 36.0 Å². The zero-order valence-corrected chi connectivity index (χ0v) is 16.1. The fourth-order valence-electron chi connectivity index (χ4n) is 2.62. The van der Waals surface area contributed by atoms with E-state index < -0.39 is 5.25 Å². The third-order valence-corrected chi connectivity index (χ3v) is 5.39. The number of fused-ring (bicyclic) bond motifs is 1. The molecular formula is C20H21N3O2S. The fraction of sp³-hybridized carbons (Fsp3) is 0.250. The monoisotopic (exact) mass is 367 g/mol. The summed E-state index contributed by atoms with van der Waals surface area (Å²) in [7, 11) is 1.68. The van der Waals surface area contributed by atoms with Gasteiger partial charge in [0, 0.05) is 12.7 Å². The van der Waals surface area contributed by atoms with E-state index >= 15 is 0 Å². The molecule has 3 rings (SSSR count). The van der Waals surface area contributed by atoms with Gasteiger partial charge in [-0.25, -0.2) is 4.98 Å². The number of nitrogens with zero attached hydrogens (tertiary/aromatic N) is 2. The molecule has 0 fully saturated rings. The molecule has 1 N–H and O–H groups in total. The SMILES string of the molecule is Cc1ccc(C)c(NC(=O)C(C)Sc2nc3ccccc3c(=O)n2C)c1. The molecule has 0 saturated heterocycles. The summed E-state index contributed by atoms with van der Waals surface area (Å²) in [5, 5.41) is 3.67. The summed E-state index contributed by atoms with van der Waals surface area (Å²) in [6, 6.07) is 13.2. The zero-order valence-electron chi connectivity index (χ0n) is 15.2. The molecule has 0 radical (unpaired) electrons. The summed E-state index contributed by atoms with van der Waals surface area (Å²) in [6.07, 6.45) is 0. The summed E-state index contributed by atoms with van der Waals surface area (Å²) in [6.45, 7) is 5.76. The van der Waals surface area contributed by atoms with E-state index in [1.807, 2.05) is 57.2 Å². The van der Waals surface area contributed by atoms with Gasteiger partial charge in [-0.3, -0.25) is 14.2 Å². The Balaban J connectivity index is 1.83. The number of aryl methyl sites for hydroxylation is 2. The lowest BCUT2D eigenvalue weighted by molar-refractivity contribution is -0.115. The average molecular weight is 367 g/mol. The van der Waals surface area contributed by atoms with Gasteiger partial charge >= 0.3 is 0 Å². The number of anilines is 1. The topological polar surface area (TPSA) is 64.0 Å². The van der Waals surface area contributed by atoms with Crippen molar-refractivity contribution in [1.29, 1.82) is 0 Å². The van der Waals surface area contributed by atoms with Crippen LogP contribution in [0.5, 0.6) is 0 Å². The van der Waals surface area contributed by atoms with E-state index in [9.17, 15) is 9.59 Å². The Morgan fingerprint density at radius 1 is 1.19 bits per heavy atom. The molecule has 134 valence electrons. The first-order valence-electron chi connectivity index (χ1n) is 8.37. The number of amides is 1. The second kappa shape index (κ2) is 7.33. The number of hydrogen-bond donors (Lipinski definition) is 1. The molecule has 0 saturated carbocycles. The molecule has 0 aliphatic carbocycles. The van der Waals surface area contributed by atoms with Gasteiger partial charge in [0.15, 0.2) is 5.16 Å². The molecule has 2 aromatic carbocycles. The molecule has 3 aromatic rings. The highest BCUT2D eigenvalue weighted by molar-refractivity contribution is 8.00. The van der Waals surface area contributed by atoms with E-state index in [2.05, 4.69) is 10.3 Å². The summed E-state index contributed by atoms with van der Waals surface area (Å²) >= 11 is 1.28. The third kappa shape index (κ3) is 3.65.